The van der Waals surface area contributed by atoms with Crippen molar-refractivity contribution in [2.24, 2.45) is 10.4 Å². The Morgan fingerprint density at radius 1 is 1.41 bits per heavy atom. The van der Waals surface area contributed by atoms with Crippen molar-refractivity contribution in [3.63, 3.8) is 0 Å². The lowest BCUT2D eigenvalue weighted by molar-refractivity contribution is 0.0169. The zero-order valence-electron chi connectivity index (χ0n) is 12.6. The van der Waals surface area contributed by atoms with Gasteiger partial charge in [0.1, 0.15) is 5.84 Å². The van der Waals surface area contributed by atoms with Crippen LogP contribution in [0.25, 0.3) is 0 Å². The third kappa shape index (κ3) is 2.45. The number of nitriles is 2. The van der Waals surface area contributed by atoms with Crippen LogP contribution in [-0.2, 0) is 0 Å². The van der Waals surface area contributed by atoms with Crippen LogP contribution >= 0.6 is 0 Å². The van der Waals surface area contributed by atoms with Crippen molar-refractivity contribution in [3.8, 4) is 12.3 Å². The SMILES string of the molecule is CC(=NC#N)N[C@H]1c2cc(C#N)ccc2C(=O)C(C)(C)[C@@H]1O. The van der Waals surface area contributed by atoms with E-state index >= 15 is 0 Å². The minimum Gasteiger partial charge on any atom is -0.390 e. The minimum absolute atomic E-state index is 0.174. The summed E-state index contributed by atoms with van der Waals surface area (Å²) in [6, 6.07) is 6.18. The average Bonchev–Trinajstić information content (AvgIpc) is 2.49. The Hall–Kier alpha value is -2.70. The number of aliphatic hydroxyl groups is 1. The lowest BCUT2D eigenvalue weighted by Crippen LogP contribution is -2.51. The van der Waals surface area contributed by atoms with Gasteiger partial charge in [-0.05, 0) is 44.5 Å². The Labute approximate surface area is 128 Å². The van der Waals surface area contributed by atoms with E-state index in [2.05, 4.69) is 10.3 Å². The van der Waals surface area contributed by atoms with Crippen LogP contribution in [0.1, 0.15) is 48.3 Å². The second-order valence-corrected chi connectivity index (χ2v) is 5.83. The smallest absolute Gasteiger partial charge is 0.207 e. The second-order valence-electron chi connectivity index (χ2n) is 5.83. The quantitative estimate of drug-likeness (QED) is 0.465. The van der Waals surface area contributed by atoms with Crippen molar-refractivity contribution in [2.45, 2.75) is 32.9 Å². The van der Waals surface area contributed by atoms with Crippen LogP contribution in [-0.4, -0.2) is 22.8 Å². The van der Waals surface area contributed by atoms with Crippen molar-refractivity contribution >= 4 is 11.6 Å². The van der Waals surface area contributed by atoms with Gasteiger partial charge in [-0.2, -0.15) is 15.5 Å². The summed E-state index contributed by atoms with van der Waals surface area (Å²) in [5.74, 6) is 0.164. The predicted octanol–water partition coefficient (Wildman–Crippen LogP) is 1.67. The maximum Gasteiger partial charge on any atom is 0.207 e. The van der Waals surface area contributed by atoms with Crippen LogP contribution < -0.4 is 5.32 Å². The van der Waals surface area contributed by atoms with Gasteiger partial charge in [0.25, 0.3) is 0 Å². The fourth-order valence-electron chi connectivity index (χ4n) is 2.65. The number of rotatable bonds is 1. The lowest BCUT2D eigenvalue weighted by atomic mass is 9.68. The summed E-state index contributed by atoms with van der Waals surface area (Å²) in [4.78, 5) is 16.1. The highest BCUT2D eigenvalue weighted by Gasteiger charge is 2.47. The molecule has 6 nitrogen and oxygen atoms in total. The summed E-state index contributed by atoms with van der Waals surface area (Å²) in [6.45, 7) is 4.95. The Kier molecular flexibility index (Phi) is 3.99. The molecule has 2 N–H and O–H groups in total. The van der Waals surface area contributed by atoms with E-state index in [-0.39, 0.29) is 5.78 Å². The zero-order valence-corrected chi connectivity index (χ0v) is 12.6. The molecule has 0 amide bonds. The average molecular weight is 296 g/mol. The molecule has 0 aromatic heterocycles. The van der Waals surface area contributed by atoms with Crippen LogP contribution in [0.4, 0.5) is 0 Å². The summed E-state index contributed by atoms with van der Waals surface area (Å²) >= 11 is 0. The molecule has 6 heteroatoms. The molecule has 2 atom stereocenters. The summed E-state index contributed by atoms with van der Waals surface area (Å²) in [7, 11) is 0. The van der Waals surface area contributed by atoms with E-state index in [1.165, 1.54) is 0 Å². The number of amidine groups is 1. The van der Waals surface area contributed by atoms with Gasteiger partial charge in [-0.25, -0.2) is 0 Å². The fourth-order valence-corrected chi connectivity index (χ4v) is 2.65. The van der Waals surface area contributed by atoms with Crippen molar-refractivity contribution in [1.29, 1.82) is 10.5 Å². The highest BCUT2D eigenvalue weighted by atomic mass is 16.3. The van der Waals surface area contributed by atoms with Gasteiger partial charge < -0.3 is 10.4 Å². The molecule has 0 radical (unpaired) electrons. The van der Waals surface area contributed by atoms with Crippen molar-refractivity contribution in [3.05, 3.63) is 34.9 Å². The number of Topliss-reactive ketones (excluding diaryl/α,β-unsaturated/α-hetero) is 1. The van der Waals surface area contributed by atoms with Gasteiger partial charge in [0, 0.05) is 5.56 Å². The molecule has 1 aromatic rings. The molecule has 112 valence electrons. The largest absolute Gasteiger partial charge is 0.390 e. The molecule has 0 saturated heterocycles. The molecule has 0 heterocycles. The molecule has 0 unspecified atom stereocenters. The standard InChI is InChI=1S/C16H16N4O2/c1-9(19-8-18)20-13-12-6-10(7-17)4-5-11(12)14(21)16(2,3)15(13)22/h4-6,13,15,22H,1-3H3,(H,19,20)/t13-,15+/m0/s1. The highest BCUT2D eigenvalue weighted by Crippen LogP contribution is 2.41. The van der Waals surface area contributed by atoms with Crippen molar-refractivity contribution in [2.75, 3.05) is 0 Å². The van der Waals surface area contributed by atoms with Crippen LogP contribution in [0.3, 0.4) is 0 Å². The van der Waals surface area contributed by atoms with Crippen molar-refractivity contribution in [1.82, 2.24) is 5.32 Å². The first-order valence-corrected chi connectivity index (χ1v) is 6.79. The molecular weight excluding hydrogens is 280 g/mol. The van der Waals surface area contributed by atoms with Crippen LogP contribution in [0, 0.1) is 28.2 Å². The Morgan fingerprint density at radius 3 is 2.68 bits per heavy atom. The van der Waals surface area contributed by atoms with E-state index in [4.69, 9.17) is 10.5 Å². The maximum atomic E-state index is 12.6. The summed E-state index contributed by atoms with van der Waals surface area (Å²) in [6.07, 6.45) is 0.663. The number of aliphatic hydroxyl groups excluding tert-OH is 1. The molecule has 1 aliphatic carbocycles. The Morgan fingerprint density at radius 2 is 2.09 bits per heavy atom. The second kappa shape index (κ2) is 5.59. The van der Waals surface area contributed by atoms with E-state index in [1.807, 2.05) is 6.07 Å². The summed E-state index contributed by atoms with van der Waals surface area (Å²) in [5, 5.41) is 31.2. The van der Waals surface area contributed by atoms with E-state index in [9.17, 15) is 9.90 Å². The molecule has 0 aliphatic heterocycles. The van der Waals surface area contributed by atoms with Crippen molar-refractivity contribution < 1.29 is 9.90 Å². The monoisotopic (exact) mass is 296 g/mol. The molecule has 1 aromatic carbocycles. The van der Waals surface area contributed by atoms with Crippen LogP contribution in [0.2, 0.25) is 0 Å². The van der Waals surface area contributed by atoms with Gasteiger partial charge in [-0.3, -0.25) is 4.79 Å². The van der Waals surface area contributed by atoms with Gasteiger partial charge in [0.2, 0.25) is 6.19 Å². The normalized spacial score (nSPS) is 23.2. The number of hydrogen-bond donors (Lipinski definition) is 2. The number of nitrogens with one attached hydrogen (secondary N) is 1. The Bertz CT molecular complexity index is 737. The number of ketones is 1. The number of benzene rings is 1. The molecule has 22 heavy (non-hydrogen) atoms. The molecule has 2 rings (SSSR count). The highest BCUT2D eigenvalue weighted by molar-refractivity contribution is 6.03. The van der Waals surface area contributed by atoms with E-state index in [1.54, 1.807) is 45.2 Å². The molecular formula is C16H16N4O2. The Balaban J connectivity index is 2.60. The number of hydrogen-bond acceptors (Lipinski definition) is 5. The van der Waals surface area contributed by atoms with Crippen LogP contribution in [0.5, 0.6) is 0 Å². The first kappa shape index (κ1) is 15.7. The number of aliphatic imine (C=N–C) groups is 1. The molecule has 0 fully saturated rings. The number of carbonyl (C=O) groups is 1. The van der Waals surface area contributed by atoms with E-state index in [0.29, 0.717) is 22.5 Å². The van der Waals surface area contributed by atoms with E-state index in [0.717, 1.165) is 0 Å². The van der Waals surface area contributed by atoms with Crippen LogP contribution in [0.15, 0.2) is 23.2 Å². The lowest BCUT2D eigenvalue weighted by Gasteiger charge is -2.41. The minimum atomic E-state index is -1.01. The number of nitrogens with zero attached hydrogens (tertiary/aromatic N) is 3. The molecule has 0 spiro atoms. The van der Waals surface area contributed by atoms with Gasteiger partial charge in [-0.15, -0.1) is 0 Å². The summed E-state index contributed by atoms with van der Waals surface area (Å²) in [5.41, 5.74) is 0.436. The zero-order chi connectivity index (χ0) is 16.5. The third-order valence-electron chi connectivity index (χ3n) is 3.98. The number of carbonyl (C=O) groups excluding carboxylic acids is 1. The maximum absolute atomic E-state index is 12.6. The molecule has 0 bridgehead atoms. The van der Waals surface area contributed by atoms with Gasteiger partial charge in [-0.1, -0.05) is 0 Å². The third-order valence-corrected chi connectivity index (χ3v) is 3.98. The van der Waals surface area contributed by atoms with E-state index < -0.39 is 17.6 Å². The summed E-state index contributed by atoms with van der Waals surface area (Å²) < 4.78 is 0. The molecule has 1 aliphatic rings. The number of fused-ring (bicyclic) bond motifs is 1. The van der Waals surface area contributed by atoms with Gasteiger partial charge >= 0.3 is 0 Å². The fraction of sp³-hybridized carbons (Fsp3) is 0.375. The molecule has 0 saturated carbocycles. The topological polar surface area (TPSA) is 109 Å². The van der Waals surface area contributed by atoms with Gasteiger partial charge in [0.15, 0.2) is 5.78 Å². The predicted molar refractivity (Wildman–Crippen MR) is 79.9 cm³/mol. The first-order valence-electron chi connectivity index (χ1n) is 6.79. The first-order chi connectivity index (χ1) is 10.3. The van der Waals surface area contributed by atoms with Gasteiger partial charge in [0.05, 0.1) is 29.2 Å².